The number of rotatable bonds is 4. The monoisotopic (exact) mass is 245 g/mol. The molecule has 2 aliphatic rings. The second kappa shape index (κ2) is 5.11. The summed E-state index contributed by atoms with van der Waals surface area (Å²) in [4.78, 5) is 5.53. The summed E-state index contributed by atoms with van der Waals surface area (Å²) in [6, 6.07) is 10.3. The van der Waals surface area contributed by atoms with Gasteiger partial charge < -0.3 is 9.57 Å². The molecule has 0 saturated heterocycles. The maximum absolute atomic E-state index is 5.92. The van der Waals surface area contributed by atoms with E-state index < -0.39 is 0 Å². The Morgan fingerprint density at radius 1 is 1.39 bits per heavy atom. The molecule has 0 amide bonds. The Kier molecular flexibility index (Phi) is 3.33. The molecule has 0 bridgehead atoms. The van der Waals surface area contributed by atoms with Crippen LogP contribution in [0.25, 0.3) is 0 Å². The van der Waals surface area contributed by atoms with Gasteiger partial charge in [-0.2, -0.15) is 0 Å². The lowest BCUT2D eigenvalue weighted by Gasteiger charge is -2.22. The molecule has 0 N–H and O–H groups in total. The average molecular weight is 245 g/mol. The van der Waals surface area contributed by atoms with Crippen molar-refractivity contribution < 1.29 is 9.57 Å². The Morgan fingerprint density at radius 3 is 3.06 bits per heavy atom. The summed E-state index contributed by atoms with van der Waals surface area (Å²) < 4.78 is 5.92. The van der Waals surface area contributed by atoms with Crippen molar-refractivity contribution in [2.45, 2.75) is 45.0 Å². The Morgan fingerprint density at radius 2 is 2.22 bits per heavy atom. The van der Waals surface area contributed by atoms with Gasteiger partial charge in [0.1, 0.15) is 0 Å². The van der Waals surface area contributed by atoms with E-state index in [1.54, 1.807) is 0 Å². The third-order valence-electron chi connectivity index (χ3n) is 3.88. The standard InChI is InChI=1S/C15H19NO2/c1-11(17-10-12-6-3-2-4-7-12)15-13-8-5-9-14(13)16-18-15/h2-4,6-7,11,13,15H,5,8-10H2,1H3/t11-,13-,15+/m0/s1. The summed E-state index contributed by atoms with van der Waals surface area (Å²) in [6.07, 6.45) is 3.75. The van der Waals surface area contributed by atoms with E-state index >= 15 is 0 Å². The fraction of sp³-hybridized carbons (Fsp3) is 0.533. The molecule has 1 aliphatic carbocycles. The van der Waals surface area contributed by atoms with Crippen LogP contribution in [0.1, 0.15) is 31.7 Å². The maximum Gasteiger partial charge on any atom is 0.161 e. The van der Waals surface area contributed by atoms with Crippen molar-refractivity contribution >= 4 is 5.71 Å². The molecule has 0 aromatic heterocycles. The SMILES string of the molecule is C[C@H](OCc1ccccc1)[C@H]1ON=C2CCC[C@@H]21. The van der Waals surface area contributed by atoms with Crippen molar-refractivity contribution in [1.29, 1.82) is 0 Å². The van der Waals surface area contributed by atoms with E-state index in [0.29, 0.717) is 12.5 Å². The molecule has 0 radical (unpaired) electrons. The number of oxime groups is 1. The minimum Gasteiger partial charge on any atom is -0.389 e. The first-order valence-corrected chi connectivity index (χ1v) is 6.72. The lowest BCUT2D eigenvalue weighted by Crippen LogP contribution is -2.32. The predicted octanol–water partition coefficient (Wildman–Crippen LogP) is 3.15. The highest BCUT2D eigenvalue weighted by Gasteiger charge is 2.40. The molecule has 1 heterocycles. The smallest absolute Gasteiger partial charge is 0.161 e. The van der Waals surface area contributed by atoms with Gasteiger partial charge in [-0.05, 0) is 31.7 Å². The zero-order valence-corrected chi connectivity index (χ0v) is 10.7. The number of hydrogen-bond acceptors (Lipinski definition) is 3. The van der Waals surface area contributed by atoms with Crippen LogP contribution in [0.5, 0.6) is 0 Å². The van der Waals surface area contributed by atoms with Crippen molar-refractivity contribution in [1.82, 2.24) is 0 Å². The molecule has 3 rings (SSSR count). The van der Waals surface area contributed by atoms with Gasteiger partial charge in [-0.15, -0.1) is 0 Å². The molecule has 3 atom stereocenters. The van der Waals surface area contributed by atoms with E-state index in [1.807, 2.05) is 18.2 Å². The lowest BCUT2D eigenvalue weighted by atomic mass is 9.96. The first-order valence-electron chi connectivity index (χ1n) is 6.72. The number of benzene rings is 1. The Hall–Kier alpha value is -1.35. The minimum absolute atomic E-state index is 0.0922. The Bertz CT molecular complexity index is 429. The Balaban J connectivity index is 1.55. The highest BCUT2D eigenvalue weighted by molar-refractivity contribution is 5.89. The largest absolute Gasteiger partial charge is 0.389 e. The molecule has 1 aliphatic heterocycles. The Labute approximate surface area is 108 Å². The molecule has 96 valence electrons. The summed E-state index contributed by atoms with van der Waals surface area (Å²) in [5, 5.41) is 4.19. The van der Waals surface area contributed by atoms with Crippen LogP contribution < -0.4 is 0 Å². The van der Waals surface area contributed by atoms with Gasteiger partial charge >= 0.3 is 0 Å². The van der Waals surface area contributed by atoms with Crippen molar-refractivity contribution in [3.63, 3.8) is 0 Å². The van der Waals surface area contributed by atoms with Crippen LogP contribution in [-0.2, 0) is 16.2 Å². The van der Waals surface area contributed by atoms with E-state index in [0.717, 1.165) is 6.42 Å². The van der Waals surface area contributed by atoms with Gasteiger partial charge in [0, 0.05) is 5.92 Å². The molecular formula is C15H19NO2. The molecule has 1 aromatic rings. The molecule has 0 spiro atoms. The molecule has 3 nitrogen and oxygen atoms in total. The van der Waals surface area contributed by atoms with Crippen molar-refractivity contribution in [2.24, 2.45) is 11.1 Å². The molecule has 0 unspecified atom stereocenters. The van der Waals surface area contributed by atoms with Gasteiger partial charge in [0.2, 0.25) is 0 Å². The first-order chi connectivity index (χ1) is 8.84. The number of ether oxygens (including phenoxy) is 1. The second-order valence-electron chi connectivity index (χ2n) is 5.15. The summed E-state index contributed by atoms with van der Waals surface area (Å²) in [5.41, 5.74) is 2.45. The van der Waals surface area contributed by atoms with Crippen molar-refractivity contribution in [3.05, 3.63) is 35.9 Å². The van der Waals surface area contributed by atoms with Gasteiger partial charge in [-0.1, -0.05) is 35.5 Å². The van der Waals surface area contributed by atoms with Crippen molar-refractivity contribution in [2.75, 3.05) is 0 Å². The molecule has 1 aromatic carbocycles. The predicted molar refractivity (Wildman–Crippen MR) is 70.3 cm³/mol. The van der Waals surface area contributed by atoms with Crippen LogP contribution in [-0.4, -0.2) is 17.9 Å². The van der Waals surface area contributed by atoms with Crippen LogP contribution in [0.4, 0.5) is 0 Å². The zero-order valence-electron chi connectivity index (χ0n) is 10.7. The summed E-state index contributed by atoms with van der Waals surface area (Å²) in [7, 11) is 0. The van der Waals surface area contributed by atoms with Crippen LogP contribution in [0.2, 0.25) is 0 Å². The van der Waals surface area contributed by atoms with Crippen molar-refractivity contribution in [3.8, 4) is 0 Å². The van der Waals surface area contributed by atoms with E-state index in [9.17, 15) is 0 Å². The van der Waals surface area contributed by atoms with E-state index in [2.05, 4.69) is 24.2 Å². The maximum atomic E-state index is 5.92. The van der Waals surface area contributed by atoms with Gasteiger partial charge in [-0.3, -0.25) is 0 Å². The summed E-state index contributed by atoms with van der Waals surface area (Å²) in [6.45, 7) is 2.73. The van der Waals surface area contributed by atoms with Crippen LogP contribution in [0.15, 0.2) is 35.5 Å². The van der Waals surface area contributed by atoms with Gasteiger partial charge in [-0.25, -0.2) is 0 Å². The second-order valence-corrected chi connectivity index (χ2v) is 5.15. The first kappa shape index (κ1) is 11.7. The molecule has 1 fully saturated rings. The van der Waals surface area contributed by atoms with Crippen LogP contribution >= 0.6 is 0 Å². The average Bonchev–Trinajstić information content (AvgIpc) is 2.99. The highest BCUT2D eigenvalue weighted by atomic mass is 16.7. The van der Waals surface area contributed by atoms with Crippen LogP contribution in [0, 0.1) is 5.92 Å². The van der Waals surface area contributed by atoms with Gasteiger partial charge in [0.05, 0.1) is 18.4 Å². The quantitative estimate of drug-likeness (QED) is 0.816. The number of nitrogens with zero attached hydrogens (tertiary/aromatic N) is 1. The molecule has 18 heavy (non-hydrogen) atoms. The zero-order chi connectivity index (χ0) is 12.4. The van der Waals surface area contributed by atoms with E-state index in [-0.39, 0.29) is 12.2 Å². The third-order valence-corrected chi connectivity index (χ3v) is 3.88. The lowest BCUT2D eigenvalue weighted by molar-refractivity contribution is -0.0715. The van der Waals surface area contributed by atoms with Gasteiger partial charge in [0.25, 0.3) is 0 Å². The number of hydrogen-bond donors (Lipinski definition) is 0. The van der Waals surface area contributed by atoms with E-state index in [1.165, 1.54) is 24.1 Å². The number of fused-ring (bicyclic) bond motifs is 1. The fourth-order valence-electron chi connectivity index (χ4n) is 2.83. The third kappa shape index (κ3) is 2.27. The molecule has 3 heteroatoms. The fourth-order valence-corrected chi connectivity index (χ4v) is 2.83. The summed E-state index contributed by atoms with van der Waals surface area (Å²) >= 11 is 0. The molecule has 1 saturated carbocycles. The van der Waals surface area contributed by atoms with Gasteiger partial charge in [0.15, 0.2) is 6.10 Å². The highest BCUT2D eigenvalue weighted by Crippen LogP contribution is 2.34. The van der Waals surface area contributed by atoms with Crippen LogP contribution in [0.3, 0.4) is 0 Å². The van der Waals surface area contributed by atoms with E-state index in [4.69, 9.17) is 9.57 Å². The summed E-state index contributed by atoms with van der Waals surface area (Å²) in [5.74, 6) is 0.496. The molecular weight excluding hydrogens is 226 g/mol. The normalized spacial score (nSPS) is 27.5. The minimum atomic E-state index is 0.0922. The topological polar surface area (TPSA) is 30.8 Å².